The van der Waals surface area contributed by atoms with Gasteiger partial charge in [-0.25, -0.2) is 0 Å². The van der Waals surface area contributed by atoms with Crippen molar-refractivity contribution < 1.29 is 9.47 Å². The highest BCUT2D eigenvalue weighted by atomic mass is 35.5. The standard InChI is InChI=1S/C17H21ClN2O2S/c1-21-13-6-5-12(15(18)17(13)22-2)16(14-4-3-11-23-14)20-9-7-19-8-10-20/h3-6,11,16,19H,7-10H2,1-2H3/t16-/m0/s1. The minimum Gasteiger partial charge on any atom is -0.493 e. The van der Waals surface area contributed by atoms with Crippen LogP contribution in [-0.2, 0) is 0 Å². The van der Waals surface area contributed by atoms with Crippen molar-refractivity contribution in [3.8, 4) is 11.5 Å². The number of nitrogens with zero attached hydrogens (tertiary/aromatic N) is 1. The number of piperazine rings is 1. The number of rotatable bonds is 5. The molecule has 4 nitrogen and oxygen atoms in total. The molecule has 0 aliphatic carbocycles. The lowest BCUT2D eigenvalue weighted by atomic mass is 10.0. The Morgan fingerprint density at radius 2 is 1.96 bits per heavy atom. The molecule has 1 saturated heterocycles. The first-order valence-corrected chi connectivity index (χ1v) is 8.90. The van der Waals surface area contributed by atoms with Crippen LogP contribution in [0.4, 0.5) is 0 Å². The Labute approximate surface area is 146 Å². The van der Waals surface area contributed by atoms with E-state index in [0.717, 1.165) is 31.7 Å². The largest absolute Gasteiger partial charge is 0.493 e. The van der Waals surface area contributed by atoms with E-state index < -0.39 is 0 Å². The normalized spacial score (nSPS) is 17.0. The van der Waals surface area contributed by atoms with Crippen molar-refractivity contribution in [2.24, 2.45) is 0 Å². The third-order valence-electron chi connectivity index (χ3n) is 4.14. The van der Waals surface area contributed by atoms with Crippen molar-refractivity contribution in [1.82, 2.24) is 10.2 Å². The van der Waals surface area contributed by atoms with Crippen LogP contribution in [0.1, 0.15) is 16.5 Å². The second-order valence-electron chi connectivity index (χ2n) is 5.41. The molecule has 1 aromatic carbocycles. The number of hydrogen-bond acceptors (Lipinski definition) is 5. The second-order valence-corrected chi connectivity index (χ2v) is 6.77. The molecule has 1 N–H and O–H groups in total. The van der Waals surface area contributed by atoms with E-state index in [-0.39, 0.29) is 6.04 Å². The molecule has 1 fully saturated rings. The van der Waals surface area contributed by atoms with Crippen molar-refractivity contribution in [2.75, 3.05) is 40.4 Å². The molecule has 2 aromatic rings. The van der Waals surface area contributed by atoms with Crippen LogP contribution < -0.4 is 14.8 Å². The van der Waals surface area contributed by atoms with Gasteiger partial charge in [-0.15, -0.1) is 11.3 Å². The summed E-state index contributed by atoms with van der Waals surface area (Å²) in [5, 5.41) is 6.14. The van der Waals surface area contributed by atoms with E-state index in [1.54, 1.807) is 25.6 Å². The summed E-state index contributed by atoms with van der Waals surface area (Å²) in [5.41, 5.74) is 1.06. The number of ether oxygens (including phenoxy) is 2. The van der Waals surface area contributed by atoms with Gasteiger partial charge in [-0.05, 0) is 23.1 Å². The minimum absolute atomic E-state index is 0.143. The van der Waals surface area contributed by atoms with Gasteiger partial charge in [0.25, 0.3) is 0 Å². The number of benzene rings is 1. The van der Waals surface area contributed by atoms with Gasteiger partial charge in [0.1, 0.15) is 0 Å². The summed E-state index contributed by atoms with van der Waals surface area (Å²) in [5.74, 6) is 1.26. The van der Waals surface area contributed by atoms with Gasteiger partial charge < -0.3 is 14.8 Å². The zero-order valence-corrected chi connectivity index (χ0v) is 14.9. The Kier molecular flexibility index (Phi) is 5.43. The average molecular weight is 353 g/mol. The molecular weight excluding hydrogens is 332 g/mol. The predicted octanol–water partition coefficient (Wildman–Crippen LogP) is 3.41. The molecule has 0 amide bonds. The van der Waals surface area contributed by atoms with Crippen LogP contribution >= 0.6 is 22.9 Å². The van der Waals surface area contributed by atoms with Crippen molar-refractivity contribution in [3.05, 3.63) is 45.1 Å². The van der Waals surface area contributed by atoms with Gasteiger partial charge in [0.15, 0.2) is 11.5 Å². The summed E-state index contributed by atoms with van der Waals surface area (Å²) in [4.78, 5) is 3.76. The monoisotopic (exact) mass is 352 g/mol. The molecule has 1 aromatic heterocycles. The lowest BCUT2D eigenvalue weighted by Crippen LogP contribution is -2.45. The van der Waals surface area contributed by atoms with Gasteiger partial charge in [-0.1, -0.05) is 23.7 Å². The van der Waals surface area contributed by atoms with Crippen LogP contribution in [0, 0.1) is 0 Å². The van der Waals surface area contributed by atoms with Crippen LogP contribution in [0.3, 0.4) is 0 Å². The Bertz CT molecular complexity index is 642. The van der Waals surface area contributed by atoms with E-state index in [9.17, 15) is 0 Å². The summed E-state index contributed by atoms with van der Waals surface area (Å²) < 4.78 is 10.8. The van der Waals surface area contributed by atoms with Crippen molar-refractivity contribution in [1.29, 1.82) is 0 Å². The van der Waals surface area contributed by atoms with Crippen molar-refractivity contribution in [2.45, 2.75) is 6.04 Å². The number of halogens is 1. The third kappa shape index (κ3) is 3.33. The van der Waals surface area contributed by atoms with E-state index in [4.69, 9.17) is 21.1 Å². The molecule has 2 heterocycles. The molecule has 0 spiro atoms. The SMILES string of the molecule is COc1ccc([C@@H](c2cccs2)N2CCNCC2)c(Cl)c1OC. The first-order chi connectivity index (χ1) is 11.3. The van der Waals surface area contributed by atoms with Gasteiger partial charge in [0.2, 0.25) is 0 Å². The first kappa shape index (κ1) is 16.6. The van der Waals surface area contributed by atoms with Crippen LogP contribution in [0.25, 0.3) is 0 Å². The number of methoxy groups -OCH3 is 2. The zero-order chi connectivity index (χ0) is 16.2. The molecule has 0 unspecified atom stereocenters. The smallest absolute Gasteiger partial charge is 0.179 e. The zero-order valence-electron chi connectivity index (χ0n) is 13.3. The van der Waals surface area contributed by atoms with Gasteiger partial charge in [0, 0.05) is 31.1 Å². The highest BCUT2D eigenvalue weighted by molar-refractivity contribution is 7.10. The predicted molar refractivity (Wildman–Crippen MR) is 95.2 cm³/mol. The van der Waals surface area contributed by atoms with E-state index in [1.807, 2.05) is 6.07 Å². The highest BCUT2D eigenvalue weighted by Crippen LogP contribution is 2.43. The second kappa shape index (κ2) is 7.53. The number of nitrogens with one attached hydrogen (secondary N) is 1. The van der Waals surface area contributed by atoms with Gasteiger partial charge in [-0.2, -0.15) is 0 Å². The fraction of sp³-hybridized carbons (Fsp3) is 0.412. The van der Waals surface area contributed by atoms with E-state index in [0.29, 0.717) is 16.5 Å². The summed E-state index contributed by atoms with van der Waals surface area (Å²) in [7, 11) is 3.25. The molecular formula is C17H21ClN2O2S. The number of thiophene rings is 1. The lowest BCUT2D eigenvalue weighted by molar-refractivity contribution is 0.200. The van der Waals surface area contributed by atoms with E-state index in [1.165, 1.54) is 4.88 Å². The van der Waals surface area contributed by atoms with Crippen LogP contribution in [0.2, 0.25) is 5.02 Å². The van der Waals surface area contributed by atoms with Crippen LogP contribution in [0.15, 0.2) is 29.6 Å². The first-order valence-electron chi connectivity index (χ1n) is 7.64. The molecule has 0 bridgehead atoms. The molecule has 23 heavy (non-hydrogen) atoms. The molecule has 1 aliphatic heterocycles. The fourth-order valence-corrected chi connectivity index (χ4v) is 4.25. The van der Waals surface area contributed by atoms with Crippen LogP contribution in [0.5, 0.6) is 11.5 Å². The quantitative estimate of drug-likeness (QED) is 0.894. The van der Waals surface area contributed by atoms with Gasteiger partial charge in [0.05, 0.1) is 25.3 Å². The molecule has 1 aliphatic rings. The van der Waals surface area contributed by atoms with Gasteiger partial charge >= 0.3 is 0 Å². The Morgan fingerprint density at radius 1 is 1.17 bits per heavy atom. The Hall–Kier alpha value is -1.27. The highest BCUT2D eigenvalue weighted by Gasteiger charge is 2.28. The number of hydrogen-bond donors (Lipinski definition) is 1. The molecule has 0 radical (unpaired) electrons. The molecule has 0 saturated carbocycles. The third-order valence-corrected chi connectivity index (χ3v) is 5.45. The maximum Gasteiger partial charge on any atom is 0.179 e. The summed E-state index contributed by atoms with van der Waals surface area (Å²) in [6.45, 7) is 3.97. The van der Waals surface area contributed by atoms with Crippen molar-refractivity contribution in [3.63, 3.8) is 0 Å². The summed E-state index contributed by atoms with van der Waals surface area (Å²) >= 11 is 8.44. The van der Waals surface area contributed by atoms with E-state index in [2.05, 4.69) is 33.8 Å². The van der Waals surface area contributed by atoms with E-state index >= 15 is 0 Å². The average Bonchev–Trinajstić information content (AvgIpc) is 3.11. The maximum atomic E-state index is 6.68. The minimum atomic E-state index is 0.143. The molecule has 1 atom stereocenters. The van der Waals surface area contributed by atoms with Gasteiger partial charge in [-0.3, -0.25) is 4.90 Å². The molecule has 6 heteroatoms. The van der Waals surface area contributed by atoms with Crippen molar-refractivity contribution >= 4 is 22.9 Å². The molecule has 3 rings (SSSR count). The summed E-state index contributed by atoms with van der Waals surface area (Å²) in [6, 6.07) is 8.39. The molecule has 124 valence electrons. The Balaban J connectivity index is 2.06. The Morgan fingerprint density at radius 3 is 2.57 bits per heavy atom. The lowest BCUT2D eigenvalue weighted by Gasteiger charge is -2.35. The summed E-state index contributed by atoms with van der Waals surface area (Å²) in [6.07, 6.45) is 0. The maximum absolute atomic E-state index is 6.68. The fourth-order valence-electron chi connectivity index (χ4n) is 3.03. The van der Waals surface area contributed by atoms with Crippen LogP contribution in [-0.4, -0.2) is 45.3 Å². The topological polar surface area (TPSA) is 33.7 Å².